The highest BCUT2D eigenvalue weighted by Gasteiger charge is 2.27. The van der Waals surface area contributed by atoms with Crippen LogP contribution in [0.25, 0.3) is 0 Å². The Morgan fingerprint density at radius 2 is 1.81 bits per heavy atom. The fourth-order valence-electron chi connectivity index (χ4n) is 3.26. The SMILES string of the molecule is Cc1ccc(S(=O)(=O)NCCCNC(=O)[C@@H]2CCc3ccccc32)cc1. The molecule has 0 aliphatic heterocycles. The number of sulfonamides is 1. The highest BCUT2D eigenvalue weighted by atomic mass is 32.2. The summed E-state index contributed by atoms with van der Waals surface area (Å²) in [5.74, 6) is -0.0632. The molecule has 1 aliphatic carbocycles. The first kappa shape index (κ1) is 18.6. The lowest BCUT2D eigenvalue weighted by Crippen LogP contribution is -2.32. The molecule has 0 aromatic heterocycles. The van der Waals surface area contributed by atoms with Crippen molar-refractivity contribution in [3.8, 4) is 0 Å². The first-order chi connectivity index (χ1) is 12.5. The molecule has 138 valence electrons. The Hall–Kier alpha value is -2.18. The summed E-state index contributed by atoms with van der Waals surface area (Å²) in [6.45, 7) is 2.65. The third-order valence-corrected chi connectivity index (χ3v) is 6.20. The van der Waals surface area contributed by atoms with Crippen LogP contribution < -0.4 is 10.0 Å². The molecule has 0 saturated carbocycles. The molecule has 0 saturated heterocycles. The lowest BCUT2D eigenvalue weighted by molar-refractivity contribution is -0.122. The summed E-state index contributed by atoms with van der Waals surface area (Å²) < 4.78 is 27.0. The highest BCUT2D eigenvalue weighted by molar-refractivity contribution is 7.89. The zero-order valence-electron chi connectivity index (χ0n) is 14.9. The summed E-state index contributed by atoms with van der Waals surface area (Å²) in [5, 5.41) is 2.93. The first-order valence-corrected chi connectivity index (χ1v) is 10.4. The summed E-state index contributed by atoms with van der Waals surface area (Å²) in [6, 6.07) is 14.8. The number of aryl methyl sites for hydroxylation is 2. The molecule has 0 fully saturated rings. The van der Waals surface area contributed by atoms with Crippen molar-refractivity contribution in [1.29, 1.82) is 0 Å². The van der Waals surface area contributed by atoms with E-state index >= 15 is 0 Å². The number of benzene rings is 2. The van der Waals surface area contributed by atoms with Gasteiger partial charge in [-0.2, -0.15) is 0 Å². The van der Waals surface area contributed by atoms with Gasteiger partial charge in [-0.05, 0) is 49.4 Å². The van der Waals surface area contributed by atoms with E-state index in [1.807, 2.05) is 25.1 Å². The molecule has 0 bridgehead atoms. The first-order valence-electron chi connectivity index (χ1n) is 8.89. The van der Waals surface area contributed by atoms with Crippen molar-refractivity contribution in [3.63, 3.8) is 0 Å². The second-order valence-corrected chi connectivity index (χ2v) is 8.41. The van der Waals surface area contributed by atoms with Crippen LogP contribution in [0, 0.1) is 6.92 Å². The lowest BCUT2D eigenvalue weighted by atomic mass is 10.0. The number of fused-ring (bicyclic) bond motifs is 1. The van der Waals surface area contributed by atoms with Crippen molar-refractivity contribution in [2.45, 2.75) is 37.0 Å². The largest absolute Gasteiger partial charge is 0.356 e. The molecule has 0 spiro atoms. The molecule has 3 rings (SSSR count). The Kier molecular flexibility index (Phi) is 5.74. The van der Waals surface area contributed by atoms with Crippen molar-refractivity contribution in [2.75, 3.05) is 13.1 Å². The molecule has 0 unspecified atom stereocenters. The smallest absolute Gasteiger partial charge is 0.240 e. The van der Waals surface area contributed by atoms with E-state index in [-0.39, 0.29) is 23.3 Å². The Labute approximate surface area is 154 Å². The molecule has 5 nitrogen and oxygen atoms in total. The van der Waals surface area contributed by atoms with Gasteiger partial charge in [0.1, 0.15) is 0 Å². The van der Waals surface area contributed by atoms with Crippen molar-refractivity contribution < 1.29 is 13.2 Å². The van der Waals surface area contributed by atoms with Crippen LogP contribution in [-0.4, -0.2) is 27.4 Å². The van der Waals surface area contributed by atoms with Gasteiger partial charge in [0, 0.05) is 13.1 Å². The molecule has 2 N–H and O–H groups in total. The van der Waals surface area contributed by atoms with Crippen LogP contribution >= 0.6 is 0 Å². The summed E-state index contributed by atoms with van der Waals surface area (Å²) in [7, 11) is -3.50. The fraction of sp³-hybridized carbons (Fsp3) is 0.350. The van der Waals surface area contributed by atoms with E-state index in [1.54, 1.807) is 24.3 Å². The number of nitrogens with one attached hydrogen (secondary N) is 2. The third-order valence-electron chi connectivity index (χ3n) is 4.73. The predicted molar refractivity (Wildman–Crippen MR) is 101 cm³/mol. The number of carbonyl (C=O) groups is 1. The average Bonchev–Trinajstić information content (AvgIpc) is 3.06. The predicted octanol–water partition coefficient (Wildman–Crippen LogP) is 2.51. The van der Waals surface area contributed by atoms with E-state index in [2.05, 4.69) is 16.1 Å². The van der Waals surface area contributed by atoms with Gasteiger partial charge in [-0.3, -0.25) is 4.79 Å². The zero-order valence-corrected chi connectivity index (χ0v) is 15.7. The van der Waals surface area contributed by atoms with Crippen molar-refractivity contribution in [3.05, 3.63) is 65.2 Å². The van der Waals surface area contributed by atoms with Gasteiger partial charge < -0.3 is 5.32 Å². The summed E-state index contributed by atoms with van der Waals surface area (Å²) in [6.07, 6.45) is 2.32. The molecule has 1 aliphatic rings. The summed E-state index contributed by atoms with van der Waals surface area (Å²) in [5.41, 5.74) is 3.38. The molecule has 0 heterocycles. The van der Waals surface area contributed by atoms with E-state index in [1.165, 1.54) is 5.56 Å². The monoisotopic (exact) mass is 372 g/mol. The van der Waals surface area contributed by atoms with E-state index in [4.69, 9.17) is 0 Å². The molecule has 6 heteroatoms. The number of amides is 1. The maximum absolute atomic E-state index is 12.4. The van der Waals surface area contributed by atoms with E-state index in [0.29, 0.717) is 13.0 Å². The minimum absolute atomic E-state index is 0.0244. The molecule has 2 aromatic carbocycles. The van der Waals surface area contributed by atoms with Crippen LogP contribution in [0.1, 0.15) is 35.4 Å². The van der Waals surface area contributed by atoms with Crippen molar-refractivity contribution in [1.82, 2.24) is 10.0 Å². The molecular formula is C20H24N2O3S. The second-order valence-electron chi connectivity index (χ2n) is 6.65. The van der Waals surface area contributed by atoms with E-state index < -0.39 is 10.0 Å². The Bertz CT molecular complexity index is 876. The highest BCUT2D eigenvalue weighted by Crippen LogP contribution is 2.32. The van der Waals surface area contributed by atoms with Gasteiger partial charge in [0.25, 0.3) is 0 Å². The normalized spacial score (nSPS) is 16.3. The van der Waals surface area contributed by atoms with Gasteiger partial charge in [-0.25, -0.2) is 13.1 Å². The summed E-state index contributed by atoms with van der Waals surface area (Å²) >= 11 is 0. The number of hydrogen-bond acceptors (Lipinski definition) is 3. The third kappa shape index (κ3) is 4.31. The van der Waals surface area contributed by atoms with Gasteiger partial charge in [-0.1, -0.05) is 42.0 Å². The molecule has 26 heavy (non-hydrogen) atoms. The van der Waals surface area contributed by atoms with Crippen molar-refractivity contribution >= 4 is 15.9 Å². The van der Waals surface area contributed by atoms with Crippen LogP contribution in [0.3, 0.4) is 0 Å². The van der Waals surface area contributed by atoms with E-state index in [0.717, 1.165) is 24.0 Å². The quantitative estimate of drug-likeness (QED) is 0.734. The Morgan fingerprint density at radius 3 is 2.58 bits per heavy atom. The van der Waals surface area contributed by atoms with Crippen LogP contribution in [0.2, 0.25) is 0 Å². The molecule has 2 aromatic rings. The van der Waals surface area contributed by atoms with Gasteiger partial charge in [0.15, 0.2) is 0 Å². The Morgan fingerprint density at radius 1 is 1.08 bits per heavy atom. The van der Waals surface area contributed by atoms with Crippen LogP contribution in [-0.2, 0) is 21.2 Å². The topological polar surface area (TPSA) is 75.3 Å². The number of hydrogen-bond donors (Lipinski definition) is 2. The molecule has 1 amide bonds. The number of carbonyl (C=O) groups excluding carboxylic acids is 1. The molecular weight excluding hydrogens is 348 g/mol. The minimum Gasteiger partial charge on any atom is -0.356 e. The second kappa shape index (κ2) is 8.01. The van der Waals surface area contributed by atoms with Gasteiger partial charge in [0.05, 0.1) is 10.8 Å². The van der Waals surface area contributed by atoms with Crippen molar-refractivity contribution in [2.24, 2.45) is 0 Å². The molecule has 1 atom stereocenters. The van der Waals surface area contributed by atoms with Gasteiger partial charge >= 0.3 is 0 Å². The average molecular weight is 372 g/mol. The maximum atomic E-state index is 12.4. The lowest BCUT2D eigenvalue weighted by Gasteiger charge is -2.12. The van der Waals surface area contributed by atoms with Crippen LogP contribution in [0.4, 0.5) is 0 Å². The zero-order chi connectivity index (χ0) is 18.6. The maximum Gasteiger partial charge on any atom is 0.240 e. The van der Waals surface area contributed by atoms with E-state index in [9.17, 15) is 13.2 Å². The minimum atomic E-state index is -3.50. The van der Waals surface area contributed by atoms with Gasteiger partial charge in [-0.15, -0.1) is 0 Å². The van der Waals surface area contributed by atoms with Gasteiger partial charge in [0.2, 0.25) is 15.9 Å². The van der Waals surface area contributed by atoms with Crippen LogP contribution in [0.15, 0.2) is 53.4 Å². The standard InChI is InChI=1S/C20H24N2O3S/c1-15-7-10-17(11-8-15)26(24,25)22-14-4-13-21-20(23)19-12-9-16-5-2-3-6-18(16)19/h2-3,5-8,10-11,19,22H,4,9,12-14H2,1H3,(H,21,23)/t19-/m1/s1. The fourth-order valence-corrected chi connectivity index (χ4v) is 4.33. The summed E-state index contributed by atoms with van der Waals surface area (Å²) in [4.78, 5) is 12.6. The molecule has 0 radical (unpaired) electrons. The van der Waals surface area contributed by atoms with Crippen LogP contribution in [0.5, 0.6) is 0 Å². The Balaban J connectivity index is 1.43. The number of rotatable bonds is 7.